The van der Waals surface area contributed by atoms with Crippen molar-refractivity contribution >= 4 is 47.2 Å². The third-order valence-electron chi connectivity index (χ3n) is 6.74. The number of carbonyl (C=O) groups is 6. The molecule has 5 amide bonds. The van der Waals surface area contributed by atoms with Crippen molar-refractivity contribution in [3.63, 3.8) is 0 Å². The maximum Gasteiger partial charge on any atom is 0.370 e. The highest BCUT2D eigenvalue weighted by Crippen LogP contribution is 2.25. The number of imide groups is 1. The van der Waals surface area contributed by atoms with Gasteiger partial charge in [-0.25, -0.2) is 9.79 Å². The van der Waals surface area contributed by atoms with E-state index in [0.717, 1.165) is 11.0 Å². The predicted molar refractivity (Wildman–Crippen MR) is 152 cm³/mol. The zero-order chi connectivity index (χ0) is 32.6. The van der Waals surface area contributed by atoms with Crippen LogP contribution in [-0.4, -0.2) is 105 Å². The number of likely N-dealkylation sites (tertiary alicyclic amines) is 1. The second kappa shape index (κ2) is 14.9. The molecule has 2 heterocycles. The number of hydrogen-bond acceptors (Lipinski definition) is 10. The lowest BCUT2D eigenvalue weighted by atomic mass is 9.92. The van der Waals surface area contributed by atoms with Crippen LogP contribution in [0.3, 0.4) is 0 Å². The van der Waals surface area contributed by atoms with Crippen LogP contribution in [0, 0.1) is 0 Å². The van der Waals surface area contributed by atoms with Crippen LogP contribution in [0.15, 0.2) is 41.1 Å². The lowest BCUT2D eigenvalue weighted by Crippen LogP contribution is -2.60. The maximum atomic E-state index is 12.3. The van der Waals surface area contributed by atoms with Crippen molar-refractivity contribution in [2.24, 2.45) is 16.5 Å². The standard InChI is InChI=1S/C27H35N7O10/c1-13(35)31-22-16(33-27(28)29)11-18(26(42)43)44-24(22)23(40)17(36)12-30-19(37)3-2-4-20(38)32-15-7-5-14(6-8-15)25(41)34-10-9-21(34)39/h5-8,11,16-17,22-24,36,40H,2-4,9-10,12H2,1H3,(H,30,37)(H,31,35)(H,32,38)(H,42,43)(H4,28,29,33)/t16-,17+,22+,23?,24?/m0/s1. The number of hydrogen-bond donors (Lipinski definition) is 8. The molecule has 44 heavy (non-hydrogen) atoms. The number of carboxylic acids is 1. The molecule has 0 spiro atoms. The third kappa shape index (κ3) is 8.98. The highest BCUT2D eigenvalue weighted by atomic mass is 16.5. The van der Waals surface area contributed by atoms with E-state index >= 15 is 0 Å². The van der Waals surface area contributed by atoms with Crippen LogP contribution in [0.1, 0.15) is 43.0 Å². The number of amides is 5. The minimum atomic E-state index is -1.80. The summed E-state index contributed by atoms with van der Waals surface area (Å²) in [5.41, 5.74) is 11.6. The number of carbonyl (C=O) groups excluding carboxylic acids is 5. The van der Waals surface area contributed by atoms with Crippen molar-refractivity contribution in [2.75, 3.05) is 18.4 Å². The van der Waals surface area contributed by atoms with Crippen molar-refractivity contribution in [2.45, 2.75) is 63.0 Å². The largest absolute Gasteiger partial charge is 0.478 e. The normalized spacial score (nSPS) is 20.5. The summed E-state index contributed by atoms with van der Waals surface area (Å²) in [7, 11) is 0. The number of aliphatic carboxylic acids is 1. The molecule has 0 bridgehead atoms. The molecule has 2 aliphatic rings. The molecule has 0 aromatic heterocycles. The first-order valence-electron chi connectivity index (χ1n) is 13.6. The van der Waals surface area contributed by atoms with E-state index in [9.17, 15) is 44.1 Å². The van der Waals surface area contributed by atoms with Gasteiger partial charge in [-0.2, -0.15) is 0 Å². The molecular formula is C27H35N7O10. The van der Waals surface area contributed by atoms with E-state index in [-0.39, 0.29) is 31.1 Å². The van der Waals surface area contributed by atoms with E-state index in [1.54, 1.807) is 0 Å². The molecule has 17 heteroatoms. The topological polar surface area (TPSA) is 276 Å². The first-order valence-corrected chi connectivity index (χ1v) is 13.6. The van der Waals surface area contributed by atoms with Gasteiger partial charge in [-0.15, -0.1) is 0 Å². The molecule has 3 rings (SSSR count). The van der Waals surface area contributed by atoms with Gasteiger partial charge in [-0.3, -0.25) is 28.9 Å². The van der Waals surface area contributed by atoms with E-state index in [4.69, 9.17) is 16.2 Å². The number of nitrogens with two attached hydrogens (primary N) is 2. The smallest absolute Gasteiger partial charge is 0.370 e. The summed E-state index contributed by atoms with van der Waals surface area (Å²) >= 11 is 0. The van der Waals surface area contributed by atoms with E-state index in [0.29, 0.717) is 24.2 Å². The minimum absolute atomic E-state index is 0.0215. The van der Waals surface area contributed by atoms with Crippen LogP contribution in [0.2, 0.25) is 0 Å². The number of aliphatic hydroxyl groups is 2. The lowest BCUT2D eigenvalue weighted by Gasteiger charge is -2.38. The van der Waals surface area contributed by atoms with Crippen molar-refractivity contribution in [3.05, 3.63) is 41.7 Å². The van der Waals surface area contributed by atoms with E-state index < -0.39 is 72.3 Å². The summed E-state index contributed by atoms with van der Waals surface area (Å²) in [5.74, 6) is -4.68. The Balaban J connectivity index is 1.47. The molecule has 1 saturated heterocycles. The molecule has 1 aromatic carbocycles. The highest BCUT2D eigenvalue weighted by molar-refractivity contribution is 6.07. The summed E-state index contributed by atoms with van der Waals surface area (Å²) < 4.78 is 5.34. The fourth-order valence-corrected chi connectivity index (χ4v) is 4.47. The average molecular weight is 618 g/mol. The number of anilines is 1. The molecule has 2 unspecified atom stereocenters. The van der Waals surface area contributed by atoms with E-state index in [1.807, 2.05) is 0 Å². The SMILES string of the molecule is CC(=O)N[C@H]1C(C(O)[C@H](O)CNC(=O)CCCC(=O)Nc2ccc(C(=O)N3CCC3=O)cc2)OC(C(=O)O)=C[C@@H]1N=C(N)N. The van der Waals surface area contributed by atoms with E-state index in [2.05, 4.69) is 20.9 Å². The van der Waals surface area contributed by atoms with Crippen molar-refractivity contribution in [1.29, 1.82) is 0 Å². The third-order valence-corrected chi connectivity index (χ3v) is 6.74. The molecule has 10 N–H and O–H groups in total. The monoisotopic (exact) mass is 617 g/mol. The lowest BCUT2D eigenvalue weighted by molar-refractivity contribution is -0.144. The molecular weight excluding hydrogens is 582 g/mol. The van der Waals surface area contributed by atoms with Gasteiger partial charge in [0.15, 0.2) is 5.96 Å². The number of aliphatic imine (C=N–C) groups is 1. The summed E-state index contributed by atoms with van der Waals surface area (Å²) in [4.78, 5) is 76.6. The molecule has 1 fully saturated rings. The molecule has 238 valence electrons. The molecule has 0 aliphatic carbocycles. The first-order chi connectivity index (χ1) is 20.8. The van der Waals surface area contributed by atoms with Crippen LogP contribution >= 0.6 is 0 Å². The number of rotatable bonds is 13. The van der Waals surface area contributed by atoms with Gasteiger partial charge in [0, 0.05) is 50.5 Å². The number of nitrogens with zero attached hydrogens (tertiary/aromatic N) is 2. The highest BCUT2D eigenvalue weighted by Gasteiger charge is 2.44. The van der Waals surface area contributed by atoms with Gasteiger partial charge < -0.3 is 47.5 Å². The summed E-state index contributed by atoms with van der Waals surface area (Å²) in [6.07, 6.45) is -3.56. The fraction of sp³-hybridized carbons (Fsp3) is 0.444. The van der Waals surface area contributed by atoms with Gasteiger partial charge in [0.05, 0.1) is 12.1 Å². The van der Waals surface area contributed by atoms with Gasteiger partial charge in [0.2, 0.25) is 29.4 Å². The fourth-order valence-electron chi connectivity index (χ4n) is 4.47. The van der Waals surface area contributed by atoms with Crippen LogP contribution in [-0.2, 0) is 28.7 Å². The number of β-lactam (4-membered cyclic amide) rings is 1. The zero-order valence-corrected chi connectivity index (χ0v) is 23.8. The van der Waals surface area contributed by atoms with Gasteiger partial charge >= 0.3 is 5.97 Å². The van der Waals surface area contributed by atoms with Crippen LogP contribution in [0.25, 0.3) is 0 Å². The van der Waals surface area contributed by atoms with Gasteiger partial charge in [-0.05, 0) is 36.8 Å². The van der Waals surface area contributed by atoms with Crippen molar-refractivity contribution in [3.8, 4) is 0 Å². The minimum Gasteiger partial charge on any atom is -0.478 e. The Bertz CT molecular complexity index is 1340. The van der Waals surface area contributed by atoms with Crippen LogP contribution in [0.5, 0.6) is 0 Å². The molecule has 0 saturated carbocycles. The number of ether oxygens (including phenoxy) is 1. The number of benzene rings is 1. The number of guanidine groups is 1. The zero-order valence-electron chi connectivity index (χ0n) is 23.8. The Hall–Kier alpha value is -5.03. The molecule has 5 atom stereocenters. The van der Waals surface area contributed by atoms with E-state index in [1.165, 1.54) is 31.2 Å². The summed E-state index contributed by atoms with van der Waals surface area (Å²) in [6, 6.07) is 3.72. The van der Waals surface area contributed by atoms with Gasteiger partial charge in [0.25, 0.3) is 5.91 Å². The first kappa shape index (κ1) is 33.5. The Morgan fingerprint density at radius 3 is 2.30 bits per heavy atom. The molecule has 0 radical (unpaired) electrons. The van der Waals surface area contributed by atoms with Crippen molar-refractivity contribution in [1.82, 2.24) is 15.5 Å². The summed E-state index contributed by atoms with van der Waals surface area (Å²) in [5, 5.41) is 38.3. The van der Waals surface area contributed by atoms with Crippen molar-refractivity contribution < 1.29 is 48.8 Å². The van der Waals surface area contributed by atoms with Crippen LogP contribution < -0.4 is 27.4 Å². The summed E-state index contributed by atoms with van der Waals surface area (Å²) in [6.45, 7) is 1.08. The second-order valence-corrected chi connectivity index (χ2v) is 10.1. The van der Waals surface area contributed by atoms with Gasteiger partial charge in [-0.1, -0.05) is 0 Å². The average Bonchev–Trinajstić information content (AvgIpc) is 2.95. The Labute approximate surface area is 251 Å². The Morgan fingerprint density at radius 1 is 1.09 bits per heavy atom. The Morgan fingerprint density at radius 2 is 1.75 bits per heavy atom. The second-order valence-electron chi connectivity index (χ2n) is 10.1. The maximum absolute atomic E-state index is 12.3. The number of nitrogens with one attached hydrogen (secondary N) is 3. The molecule has 2 aliphatic heterocycles. The van der Waals surface area contributed by atoms with Crippen LogP contribution in [0.4, 0.5) is 5.69 Å². The number of aliphatic hydroxyl groups excluding tert-OH is 2. The predicted octanol–water partition coefficient (Wildman–Crippen LogP) is -2.48. The van der Waals surface area contributed by atoms with Gasteiger partial charge in [0.1, 0.15) is 18.3 Å². The number of carboxylic acid groups (broad SMARTS) is 1. The molecule has 1 aromatic rings. The molecule has 17 nitrogen and oxygen atoms in total. The Kier molecular flexibility index (Phi) is 11.4. The quantitative estimate of drug-likeness (QED) is 0.0494.